The summed E-state index contributed by atoms with van der Waals surface area (Å²) in [5.74, 6) is 0. The largest absolute Gasteiger partial charge is 0.396 e. The molecule has 1 aromatic carbocycles. The lowest BCUT2D eigenvalue weighted by molar-refractivity contribution is 0.113. The predicted octanol–water partition coefficient (Wildman–Crippen LogP) is 2.22. The van der Waals surface area contributed by atoms with E-state index in [2.05, 4.69) is 19.6 Å². The molecule has 2 atom stereocenters. The first-order valence-electron chi connectivity index (χ1n) is 5.79. The second-order valence-electron chi connectivity index (χ2n) is 5.46. The van der Waals surface area contributed by atoms with Gasteiger partial charge in [0, 0.05) is 5.73 Å². The van der Waals surface area contributed by atoms with Crippen molar-refractivity contribution in [3.63, 3.8) is 0 Å². The summed E-state index contributed by atoms with van der Waals surface area (Å²) in [5.41, 5.74) is 0.795. The van der Waals surface area contributed by atoms with Crippen LogP contribution in [-0.2, 0) is 6.42 Å². The van der Waals surface area contributed by atoms with Crippen molar-refractivity contribution in [3.8, 4) is 0 Å². The second kappa shape index (κ2) is 5.62. The Morgan fingerprint density at radius 1 is 1.06 bits per heavy atom. The van der Waals surface area contributed by atoms with Crippen LogP contribution in [0.25, 0.3) is 0 Å². The van der Waals surface area contributed by atoms with E-state index < -0.39 is 14.2 Å². The third kappa shape index (κ3) is 4.47. The van der Waals surface area contributed by atoms with Crippen LogP contribution in [-0.4, -0.2) is 30.1 Å². The smallest absolute Gasteiger partial charge is 0.0782 e. The third-order valence-corrected chi connectivity index (χ3v) is 5.04. The molecule has 0 aliphatic heterocycles. The molecule has 90 valence electrons. The van der Waals surface area contributed by atoms with Gasteiger partial charge >= 0.3 is 0 Å². The SMILES string of the molecule is C[Si](C)(C)C(O)CC(O)Cc1ccccc1. The number of benzene rings is 1. The molecule has 1 rings (SSSR count). The van der Waals surface area contributed by atoms with Crippen LogP contribution in [0.5, 0.6) is 0 Å². The fraction of sp³-hybridized carbons (Fsp3) is 0.538. The highest BCUT2D eigenvalue weighted by atomic mass is 28.3. The highest BCUT2D eigenvalue weighted by molar-refractivity contribution is 6.77. The minimum absolute atomic E-state index is 0.328. The van der Waals surface area contributed by atoms with Gasteiger partial charge in [-0.2, -0.15) is 0 Å². The zero-order valence-electron chi connectivity index (χ0n) is 10.4. The first kappa shape index (κ1) is 13.4. The summed E-state index contributed by atoms with van der Waals surface area (Å²) >= 11 is 0. The van der Waals surface area contributed by atoms with Crippen molar-refractivity contribution in [2.45, 2.75) is 44.3 Å². The minimum Gasteiger partial charge on any atom is -0.396 e. The molecule has 2 nitrogen and oxygen atoms in total. The number of hydrogen-bond acceptors (Lipinski definition) is 2. The van der Waals surface area contributed by atoms with E-state index in [-0.39, 0.29) is 5.73 Å². The molecular weight excluding hydrogens is 216 g/mol. The first-order valence-corrected chi connectivity index (χ1v) is 9.37. The van der Waals surface area contributed by atoms with Gasteiger partial charge < -0.3 is 10.2 Å². The molecule has 0 radical (unpaired) electrons. The number of hydrogen-bond donors (Lipinski definition) is 2. The van der Waals surface area contributed by atoms with E-state index in [9.17, 15) is 10.2 Å². The number of rotatable bonds is 5. The van der Waals surface area contributed by atoms with Crippen molar-refractivity contribution in [1.29, 1.82) is 0 Å². The van der Waals surface area contributed by atoms with E-state index in [4.69, 9.17) is 0 Å². The summed E-state index contributed by atoms with van der Waals surface area (Å²) in [6.07, 6.45) is 0.677. The second-order valence-corrected chi connectivity index (χ2v) is 10.9. The zero-order chi connectivity index (χ0) is 12.2. The molecule has 3 heteroatoms. The monoisotopic (exact) mass is 238 g/mol. The molecule has 0 saturated heterocycles. The van der Waals surface area contributed by atoms with Gasteiger partial charge in [-0.1, -0.05) is 50.0 Å². The molecule has 0 aliphatic rings. The third-order valence-electron chi connectivity index (χ3n) is 2.81. The molecule has 16 heavy (non-hydrogen) atoms. The van der Waals surface area contributed by atoms with Crippen LogP contribution in [0.3, 0.4) is 0 Å². The molecule has 0 heterocycles. The molecular formula is C13H22O2Si. The van der Waals surface area contributed by atoms with E-state index in [1.54, 1.807) is 0 Å². The Labute approximate surface area is 99.0 Å². The van der Waals surface area contributed by atoms with Gasteiger partial charge in [0.15, 0.2) is 0 Å². The lowest BCUT2D eigenvalue weighted by Gasteiger charge is -2.25. The van der Waals surface area contributed by atoms with Crippen LogP contribution in [0, 0.1) is 0 Å². The van der Waals surface area contributed by atoms with Gasteiger partial charge in [-0.25, -0.2) is 0 Å². The molecule has 0 aliphatic carbocycles. The molecule has 2 N–H and O–H groups in total. The summed E-state index contributed by atoms with van der Waals surface area (Å²) in [7, 11) is -1.55. The topological polar surface area (TPSA) is 40.5 Å². The highest BCUT2D eigenvalue weighted by Crippen LogP contribution is 2.15. The molecule has 0 saturated carbocycles. The van der Waals surface area contributed by atoms with Crippen molar-refractivity contribution in [2.24, 2.45) is 0 Å². The maximum absolute atomic E-state index is 9.94. The van der Waals surface area contributed by atoms with Gasteiger partial charge in [0.25, 0.3) is 0 Å². The summed E-state index contributed by atoms with van der Waals surface area (Å²) in [5, 5.41) is 19.8. The average molecular weight is 238 g/mol. The molecule has 1 aromatic rings. The lowest BCUT2D eigenvalue weighted by atomic mass is 10.1. The first-order chi connectivity index (χ1) is 7.39. The van der Waals surface area contributed by atoms with Gasteiger partial charge in [-0.05, 0) is 18.4 Å². The quantitative estimate of drug-likeness (QED) is 0.772. The fourth-order valence-electron chi connectivity index (χ4n) is 1.58. The van der Waals surface area contributed by atoms with Crippen LogP contribution in [0.1, 0.15) is 12.0 Å². The standard InChI is InChI=1S/C13H22O2Si/c1-16(2,3)13(15)10-12(14)9-11-7-5-4-6-8-11/h4-8,12-15H,9-10H2,1-3H3. The van der Waals surface area contributed by atoms with E-state index in [1.165, 1.54) is 0 Å². The maximum atomic E-state index is 9.94. The van der Waals surface area contributed by atoms with Crippen LogP contribution >= 0.6 is 0 Å². The molecule has 0 bridgehead atoms. The summed E-state index contributed by atoms with van der Waals surface area (Å²) in [6.45, 7) is 6.35. The molecule has 0 aromatic heterocycles. The average Bonchev–Trinajstić information content (AvgIpc) is 2.17. The van der Waals surface area contributed by atoms with Gasteiger partial charge in [-0.3, -0.25) is 0 Å². The Morgan fingerprint density at radius 2 is 1.62 bits per heavy atom. The zero-order valence-corrected chi connectivity index (χ0v) is 11.4. The predicted molar refractivity (Wildman–Crippen MR) is 70.1 cm³/mol. The van der Waals surface area contributed by atoms with Crippen LogP contribution in [0.4, 0.5) is 0 Å². The van der Waals surface area contributed by atoms with Gasteiger partial charge in [-0.15, -0.1) is 0 Å². The highest BCUT2D eigenvalue weighted by Gasteiger charge is 2.26. The van der Waals surface area contributed by atoms with E-state index in [0.29, 0.717) is 12.8 Å². The molecule has 0 amide bonds. The van der Waals surface area contributed by atoms with Crippen molar-refractivity contribution >= 4 is 8.07 Å². The number of aliphatic hydroxyl groups excluding tert-OH is 2. The van der Waals surface area contributed by atoms with Gasteiger partial charge in [0.2, 0.25) is 0 Å². The molecule has 2 unspecified atom stereocenters. The van der Waals surface area contributed by atoms with Crippen molar-refractivity contribution in [2.75, 3.05) is 0 Å². The number of aliphatic hydroxyl groups is 2. The maximum Gasteiger partial charge on any atom is 0.0782 e. The van der Waals surface area contributed by atoms with E-state index >= 15 is 0 Å². The Morgan fingerprint density at radius 3 is 2.12 bits per heavy atom. The van der Waals surface area contributed by atoms with Crippen LogP contribution in [0.2, 0.25) is 19.6 Å². The van der Waals surface area contributed by atoms with Gasteiger partial charge in [0.05, 0.1) is 14.2 Å². The summed E-state index contributed by atoms with van der Waals surface area (Å²) in [4.78, 5) is 0. The summed E-state index contributed by atoms with van der Waals surface area (Å²) in [6, 6.07) is 9.91. The van der Waals surface area contributed by atoms with E-state index in [0.717, 1.165) is 5.56 Å². The Kier molecular flexibility index (Phi) is 4.71. The van der Waals surface area contributed by atoms with Gasteiger partial charge in [0.1, 0.15) is 0 Å². The fourth-order valence-corrected chi connectivity index (χ4v) is 2.56. The normalized spacial score (nSPS) is 15.8. The summed E-state index contributed by atoms with van der Waals surface area (Å²) < 4.78 is 0. The van der Waals surface area contributed by atoms with Crippen LogP contribution in [0.15, 0.2) is 30.3 Å². The van der Waals surface area contributed by atoms with Crippen molar-refractivity contribution < 1.29 is 10.2 Å². The van der Waals surface area contributed by atoms with Crippen molar-refractivity contribution in [3.05, 3.63) is 35.9 Å². The van der Waals surface area contributed by atoms with E-state index in [1.807, 2.05) is 30.3 Å². The lowest BCUT2D eigenvalue weighted by Crippen LogP contribution is -2.40. The molecule has 0 spiro atoms. The Balaban J connectivity index is 2.45. The Hall–Kier alpha value is -0.643. The minimum atomic E-state index is -1.55. The van der Waals surface area contributed by atoms with Crippen LogP contribution < -0.4 is 0 Å². The van der Waals surface area contributed by atoms with Crippen molar-refractivity contribution in [1.82, 2.24) is 0 Å². The Bertz CT molecular complexity index is 305. The molecule has 0 fully saturated rings.